The minimum absolute atomic E-state index is 0.0513. The van der Waals surface area contributed by atoms with Crippen molar-refractivity contribution >= 4 is 23.2 Å². The average Bonchev–Trinajstić information content (AvgIpc) is 2.34. The summed E-state index contributed by atoms with van der Waals surface area (Å²) in [7, 11) is 0. The maximum Gasteiger partial charge on any atom is 0.255 e. The molecule has 2 aromatic rings. The molecule has 0 bridgehead atoms. The maximum absolute atomic E-state index is 11.8. The zero-order chi connectivity index (χ0) is 12.3. The summed E-state index contributed by atoms with van der Waals surface area (Å²) >= 11 is 5.72. The zero-order valence-electron chi connectivity index (χ0n) is 8.72. The molecule has 0 saturated heterocycles. The topological polar surface area (TPSA) is 62.2 Å². The van der Waals surface area contributed by atoms with Gasteiger partial charge in [-0.1, -0.05) is 11.6 Å². The van der Waals surface area contributed by atoms with Crippen LogP contribution < -0.4 is 5.32 Å². The molecule has 0 radical (unpaired) electrons. The lowest BCUT2D eigenvalue weighted by molar-refractivity contribution is 0.102. The number of phenols is 1. The molecular formula is C12H9ClN2O2. The highest BCUT2D eigenvalue weighted by atomic mass is 35.5. The van der Waals surface area contributed by atoms with Crippen LogP contribution in [0.5, 0.6) is 5.75 Å². The molecular weight excluding hydrogens is 240 g/mol. The van der Waals surface area contributed by atoms with Crippen LogP contribution in [0.15, 0.2) is 42.7 Å². The third-order valence-electron chi connectivity index (χ3n) is 2.13. The number of anilines is 1. The molecule has 0 unspecified atom stereocenters. The lowest BCUT2D eigenvalue weighted by atomic mass is 10.2. The minimum atomic E-state index is -0.306. The number of hydrogen-bond acceptors (Lipinski definition) is 3. The van der Waals surface area contributed by atoms with Crippen LogP contribution in [-0.4, -0.2) is 16.0 Å². The molecule has 0 spiro atoms. The van der Waals surface area contributed by atoms with E-state index in [1.807, 2.05) is 0 Å². The SMILES string of the molecule is O=C(Nc1cccnc1)c1ccc(O)c(Cl)c1. The second kappa shape index (κ2) is 4.84. The Balaban J connectivity index is 2.18. The molecule has 0 aliphatic carbocycles. The number of amides is 1. The van der Waals surface area contributed by atoms with E-state index in [4.69, 9.17) is 11.6 Å². The summed E-state index contributed by atoms with van der Waals surface area (Å²) in [6.45, 7) is 0. The Bertz CT molecular complexity index is 543. The third kappa shape index (κ3) is 2.73. The van der Waals surface area contributed by atoms with Crippen LogP contribution in [0, 0.1) is 0 Å². The van der Waals surface area contributed by atoms with Crippen LogP contribution in [0.2, 0.25) is 5.02 Å². The van der Waals surface area contributed by atoms with Gasteiger partial charge >= 0.3 is 0 Å². The van der Waals surface area contributed by atoms with Crippen molar-refractivity contribution in [3.8, 4) is 5.75 Å². The summed E-state index contributed by atoms with van der Waals surface area (Å²) < 4.78 is 0. The molecule has 0 atom stereocenters. The molecule has 17 heavy (non-hydrogen) atoms. The van der Waals surface area contributed by atoms with Gasteiger partial charge in [0, 0.05) is 11.8 Å². The normalized spacial score (nSPS) is 9.94. The van der Waals surface area contributed by atoms with Crippen LogP contribution in [0.4, 0.5) is 5.69 Å². The van der Waals surface area contributed by atoms with Gasteiger partial charge < -0.3 is 10.4 Å². The van der Waals surface area contributed by atoms with Crippen molar-refractivity contribution in [1.82, 2.24) is 4.98 Å². The van der Waals surface area contributed by atoms with E-state index in [2.05, 4.69) is 10.3 Å². The first-order valence-electron chi connectivity index (χ1n) is 4.87. The number of phenolic OH excluding ortho intramolecular Hbond substituents is 1. The number of carbonyl (C=O) groups excluding carboxylic acids is 1. The Morgan fingerprint density at radius 2 is 2.18 bits per heavy atom. The number of hydrogen-bond donors (Lipinski definition) is 2. The molecule has 0 aliphatic rings. The van der Waals surface area contributed by atoms with Gasteiger partial charge in [0.1, 0.15) is 5.75 Å². The van der Waals surface area contributed by atoms with Crippen LogP contribution >= 0.6 is 11.6 Å². The van der Waals surface area contributed by atoms with Gasteiger partial charge in [-0.05, 0) is 30.3 Å². The smallest absolute Gasteiger partial charge is 0.255 e. The van der Waals surface area contributed by atoms with E-state index in [0.717, 1.165) is 0 Å². The molecule has 2 N–H and O–H groups in total. The molecule has 1 heterocycles. The van der Waals surface area contributed by atoms with Crippen molar-refractivity contribution in [2.75, 3.05) is 5.32 Å². The molecule has 4 nitrogen and oxygen atoms in total. The van der Waals surface area contributed by atoms with E-state index < -0.39 is 0 Å². The molecule has 0 saturated carbocycles. The monoisotopic (exact) mass is 248 g/mol. The molecule has 1 amide bonds. The Labute approximate surface area is 103 Å². The number of carbonyl (C=O) groups is 1. The molecule has 1 aromatic carbocycles. The van der Waals surface area contributed by atoms with E-state index in [9.17, 15) is 9.90 Å². The van der Waals surface area contributed by atoms with Gasteiger partial charge in [0.15, 0.2) is 0 Å². The van der Waals surface area contributed by atoms with Crippen molar-refractivity contribution in [1.29, 1.82) is 0 Å². The highest BCUT2D eigenvalue weighted by Gasteiger charge is 2.08. The van der Waals surface area contributed by atoms with E-state index >= 15 is 0 Å². The summed E-state index contributed by atoms with van der Waals surface area (Å²) in [4.78, 5) is 15.7. The molecule has 1 aromatic heterocycles. The number of pyridine rings is 1. The molecule has 2 rings (SSSR count). The van der Waals surface area contributed by atoms with E-state index in [-0.39, 0.29) is 16.7 Å². The number of aromatic hydroxyl groups is 1. The van der Waals surface area contributed by atoms with Crippen LogP contribution in [-0.2, 0) is 0 Å². The van der Waals surface area contributed by atoms with Gasteiger partial charge in [-0.25, -0.2) is 0 Å². The van der Waals surface area contributed by atoms with Crippen molar-refractivity contribution < 1.29 is 9.90 Å². The first-order chi connectivity index (χ1) is 8.16. The summed E-state index contributed by atoms with van der Waals surface area (Å²) in [6, 6.07) is 7.72. The van der Waals surface area contributed by atoms with Crippen molar-refractivity contribution in [3.63, 3.8) is 0 Å². The third-order valence-corrected chi connectivity index (χ3v) is 2.43. The Hall–Kier alpha value is -2.07. The quantitative estimate of drug-likeness (QED) is 0.859. The molecule has 5 heteroatoms. The summed E-state index contributed by atoms with van der Waals surface area (Å²) in [5.41, 5.74) is 0.971. The van der Waals surface area contributed by atoms with E-state index in [1.54, 1.807) is 24.5 Å². The van der Waals surface area contributed by atoms with Gasteiger partial charge in [-0.3, -0.25) is 9.78 Å². The first-order valence-corrected chi connectivity index (χ1v) is 5.24. The number of rotatable bonds is 2. The predicted molar refractivity (Wildman–Crippen MR) is 65.3 cm³/mol. The summed E-state index contributed by atoms with van der Waals surface area (Å²) in [6.07, 6.45) is 3.16. The second-order valence-electron chi connectivity index (χ2n) is 3.36. The Kier molecular flexibility index (Phi) is 3.25. The van der Waals surface area contributed by atoms with Crippen LogP contribution in [0.25, 0.3) is 0 Å². The lowest BCUT2D eigenvalue weighted by Gasteiger charge is -2.05. The Morgan fingerprint density at radius 1 is 1.35 bits per heavy atom. The largest absolute Gasteiger partial charge is 0.506 e. The minimum Gasteiger partial charge on any atom is -0.506 e. The molecule has 0 fully saturated rings. The number of nitrogens with zero attached hydrogens (tertiary/aromatic N) is 1. The molecule has 0 aliphatic heterocycles. The highest BCUT2D eigenvalue weighted by Crippen LogP contribution is 2.23. The highest BCUT2D eigenvalue weighted by molar-refractivity contribution is 6.32. The molecule has 86 valence electrons. The zero-order valence-corrected chi connectivity index (χ0v) is 9.48. The van der Waals surface area contributed by atoms with E-state index in [0.29, 0.717) is 11.3 Å². The van der Waals surface area contributed by atoms with Gasteiger partial charge in [-0.2, -0.15) is 0 Å². The predicted octanol–water partition coefficient (Wildman–Crippen LogP) is 2.69. The van der Waals surface area contributed by atoms with Gasteiger partial charge in [0.05, 0.1) is 16.9 Å². The lowest BCUT2D eigenvalue weighted by Crippen LogP contribution is -2.11. The fraction of sp³-hybridized carbons (Fsp3) is 0. The number of halogens is 1. The summed E-state index contributed by atoms with van der Waals surface area (Å²) in [5.74, 6) is -0.357. The van der Waals surface area contributed by atoms with Crippen molar-refractivity contribution in [2.45, 2.75) is 0 Å². The van der Waals surface area contributed by atoms with Gasteiger partial charge in [0.2, 0.25) is 0 Å². The average molecular weight is 249 g/mol. The van der Waals surface area contributed by atoms with Gasteiger partial charge in [0.25, 0.3) is 5.91 Å². The fourth-order valence-electron chi connectivity index (χ4n) is 1.29. The number of benzene rings is 1. The van der Waals surface area contributed by atoms with Crippen LogP contribution in [0.1, 0.15) is 10.4 Å². The van der Waals surface area contributed by atoms with Crippen molar-refractivity contribution in [2.24, 2.45) is 0 Å². The van der Waals surface area contributed by atoms with Gasteiger partial charge in [-0.15, -0.1) is 0 Å². The standard InChI is InChI=1S/C12H9ClN2O2/c13-10-6-8(3-4-11(10)16)12(17)15-9-2-1-5-14-7-9/h1-7,16H,(H,15,17). The van der Waals surface area contributed by atoms with Crippen LogP contribution in [0.3, 0.4) is 0 Å². The summed E-state index contributed by atoms with van der Waals surface area (Å²) in [5, 5.41) is 12.0. The first kappa shape index (κ1) is 11.4. The maximum atomic E-state index is 11.8. The number of nitrogens with one attached hydrogen (secondary N) is 1. The second-order valence-corrected chi connectivity index (χ2v) is 3.77. The Morgan fingerprint density at radius 3 is 2.82 bits per heavy atom. The number of aromatic nitrogens is 1. The fourth-order valence-corrected chi connectivity index (χ4v) is 1.47. The van der Waals surface area contributed by atoms with E-state index in [1.165, 1.54) is 18.2 Å². The van der Waals surface area contributed by atoms with Crippen molar-refractivity contribution in [3.05, 3.63) is 53.3 Å².